The molecule has 1 aromatic carbocycles. The molecule has 7 heteroatoms. The molecule has 1 N–H and O–H groups in total. The molecule has 1 heterocycles. The Labute approximate surface area is 168 Å². The first kappa shape index (κ1) is 19.9. The number of para-hydroxylation sites is 1. The van der Waals surface area contributed by atoms with Gasteiger partial charge in [0.25, 0.3) is 5.91 Å². The molecule has 6 nitrogen and oxygen atoms in total. The van der Waals surface area contributed by atoms with Gasteiger partial charge in [-0.25, -0.2) is 4.79 Å². The van der Waals surface area contributed by atoms with E-state index in [1.54, 1.807) is 12.1 Å². The lowest BCUT2D eigenvalue weighted by molar-refractivity contribution is -0.154. The number of nitrogens with zero attached hydrogens (tertiary/aromatic N) is 1. The maximum atomic E-state index is 12.2. The van der Waals surface area contributed by atoms with Gasteiger partial charge in [-0.05, 0) is 49.8 Å². The molecule has 28 heavy (non-hydrogen) atoms. The molecule has 2 aromatic rings. The van der Waals surface area contributed by atoms with Gasteiger partial charge in [0.2, 0.25) is 0 Å². The highest BCUT2D eigenvalue weighted by Gasteiger charge is 2.24. The molecular formula is C21H22N2O4S. The molecule has 0 bridgehead atoms. The van der Waals surface area contributed by atoms with Gasteiger partial charge < -0.3 is 14.8 Å². The van der Waals surface area contributed by atoms with Crippen LogP contribution in [0.3, 0.4) is 0 Å². The Balaban J connectivity index is 1.56. The molecule has 1 aliphatic rings. The van der Waals surface area contributed by atoms with E-state index >= 15 is 0 Å². The number of rotatable bonds is 7. The van der Waals surface area contributed by atoms with Crippen LogP contribution < -0.4 is 10.1 Å². The lowest BCUT2D eigenvalue weighted by atomic mass is 9.96. The van der Waals surface area contributed by atoms with Crippen LogP contribution in [0, 0.1) is 11.3 Å². The van der Waals surface area contributed by atoms with Crippen molar-refractivity contribution < 1.29 is 19.1 Å². The van der Waals surface area contributed by atoms with Crippen molar-refractivity contribution in [3.8, 4) is 11.8 Å². The predicted octanol–water partition coefficient (Wildman–Crippen LogP) is 3.84. The van der Waals surface area contributed by atoms with Gasteiger partial charge in [0, 0.05) is 4.88 Å². The molecule has 0 aliphatic heterocycles. The van der Waals surface area contributed by atoms with Crippen LogP contribution in [-0.4, -0.2) is 24.6 Å². The zero-order valence-electron chi connectivity index (χ0n) is 15.7. The zero-order valence-corrected chi connectivity index (χ0v) is 16.5. The fourth-order valence-electron chi connectivity index (χ4n) is 3.13. The molecule has 0 radical (unpaired) electrons. The third kappa shape index (κ3) is 4.70. The first-order valence-electron chi connectivity index (χ1n) is 9.35. The maximum absolute atomic E-state index is 12.2. The third-order valence-electron chi connectivity index (χ3n) is 4.54. The number of benzene rings is 1. The van der Waals surface area contributed by atoms with Crippen LogP contribution in [0.4, 0.5) is 5.00 Å². The highest BCUT2D eigenvalue weighted by atomic mass is 32.1. The Bertz CT molecular complexity index is 886. The number of anilines is 1. The summed E-state index contributed by atoms with van der Waals surface area (Å²) in [7, 11) is 0. The molecule has 1 atom stereocenters. The van der Waals surface area contributed by atoms with E-state index in [1.165, 1.54) is 11.3 Å². The smallest absolute Gasteiger partial charge is 0.347 e. The van der Waals surface area contributed by atoms with Gasteiger partial charge in [-0.3, -0.25) is 4.79 Å². The summed E-state index contributed by atoms with van der Waals surface area (Å²) in [6.45, 7) is 1.39. The van der Waals surface area contributed by atoms with E-state index in [1.807, 2.05) is 25.1 Å². The number of nitriles is 1. The minimum atomic E-state index is -0.779. The van der Waals surface area contributed by atoms with E-state index in [4.69, 9.17) is 9.47 Å². The van der Waals surface area contributed by atoms with Gasteiger partial charge in [0.1, 0.15) is 16.8 Å². The first-order chi connectivity index (χ1) is 13.6. The molecule has 146 valence electrons. The second-order valence-corrected chi connectivity index (χ2v) is 7.62. The topological polar surface area (TPSA) is 88.4 Å². The normalized spacial score (nSPS) is 13.7. The number of carbonyl (C=O) groups is 2. The Kier molecular flexibility index (Phi) is 6.66. The van der Waals surface area contributed by atoms with E-state index in [0.29, 0.717) is 22.7 Å². The second kappa shape index (κ2) is 9.38. The second-order valence-electron chi connectivity index (χ2n) is 6.51. The first-order valence-corrected chi connectivity index (χ1v) is 10.2. The Morgan fingerprint density at radius 1 is 1.25 bits per heavy atom. The molecule has 0 fully saturated rings. The van der Waals surface area contributed by atoms with Crippen LogP contribution in [0.2, 0.25) is 0 Å². The van der Waals surface area contributed by atoms with Crippen LogP contribution >= 0.6 is 11.3 Å². The lowest BCUT2D eigenvalue weighted by Crippen LogP contribution is -2.31. The van der Waals surface area contributed by atoms with Crippen molar-refractivity contribution in [2.24, 2.45) is 0 Å². The summed E-state index contributed by atoms with van der Waals surface area (Å²) in [4.78, 5) is 25.6. The molecular weight excluding hydrogens is 376 g/mol. The SMILES string of the molecule is CC[C@H](Oc1ccccc1)C(=O)OCC(=O)Nc1sc2c(c1C#N)CCCC2. The molecule has 1 aromatic heterocycles. The average Bonchev–Trinajstić information content (AvgIpc) is 3.07. The predicted molar refractivity (Wildman–Crippen MR) is 106 cm³/mol. The lowest BCUT2D eigenvalue weighted by Gasteiger charge is -2.16. The van der Waals surface area contributed by atoms with Gasteiger partial charge in [-0.2, -0.15) is 5.26 Å². The van der Waals surface area contributed by atoms with E-state index in [-0.39, 0.29) is 0 Å². The number of thiophene rings is 1. The molecule has 0 unspecified atom stereocenters. The molecule has 1 amide bonds. The van der Waals surface area contributed by atoms with Gasteiger partial charge in [-0.1, -0.05) is 25.1 Å². The minimum Gasteiger partial charge on any atom is -0.479 e. The van der Waals surface area contributed by atoms with Crippen LogP contribution in [0.1, 0.15) is 42.2 Å². The van der Waals surface area contributed by atoms with Crippen molar-refractivity contribution in [3.05, 3.63) is 46.3 Å². The monoisotopic (exact) mass is 398 g/mol. The molecule has 0 saturated carbocycles. The standard InChI is InChI=1S/C21H22N2O4S/c1-2-17(27-14-8-4-3-5-9-14)21(25)26-13-19(24)23-20-16(12-22)15-10-6-7-11-18(15)28-20/h3-5,8-9,17H,2,6-7,10-11,13H2,1H3,(H,23,24)/t17-/m0/s1. The van der Waals surface area contributed by atoms with Crippen LogP contribution in [0.25, 0.3) is 0 Å². The molecule has 0 saturated heterocycles. The van der Waals surface area contributed by atoms with Crippen molar-refractivity contribution in [2.75, 3.05) is 11.9 Å². The number of hydrogen-bond acceptors (Lipinski definition) is 6. The van der Waals surface area contributed by atoms with E-state index in [2.05, 4.69) is 11.4 Å². The Morgan fingerprint density at radius 3 is 2.71 bits per heavy atom. The van der Waals surface area contributed by atoms with Crippen LogP contribution in [-0.2, 0) is 27.2 Å². The summed E-state index contributed by atoms with van der Waals surface area (Å²) in [5, 5.41) is 12.7. The number of esters is 1. The van der Waals surface area contributed by atoms with E-state index in [9.17, 15) is 14.9 Å². The molecule has 1 aliphatic carbocycles. The average molecular weight is 398 g/mol. The van der Waals surface area contributed by atoms with Gasteiger partial charge in [0.15, 0.2) is 12.7 Å². The number of carbonyl (C=O) groups excluding carboxylic acids is 2. The van der Waals surface area contributed by atoms with E-state index < -0.39 is 24.6 Å². The number of ether oxygens (including phenoxy) is 2. The Hall–Kier alpha value is -2.85. The summed E-state index contributed by atoms with van der Waals surface area (Å²) < 4.78 is 10.7. The third-order valence-corrected chi connectivity index (χ3v) is 5.74. The van der Waals surface area contributed by atoms with Crippen molar-refractivity contribution in [3.63, 3.8) is 0 Å². The summed E-state index contributed by atoms with van der Waals surface area (Å²) in [5.41, 5.74) is 1.59. The molecule has 0 spiro atoms. The Morgan fingerprint density at radius 2 is 2.00 bits per heavy atom. The largest absolute Gasteiger partial charge is 0.479 e. The number of nitrogens with one attached hydrogen (secondary N) is 1. The summed E-state index contributed by atoms with van der Waals surface area (Å²) >= 11 is 1.44. The van der Waals surface area contributed by atoms with Crippen LogP contribution in [0.5, 0.6) is 5.75 Å². The van der Waals surface area contributed by atoms with Crippen LogP contribution in [0.15, 0.2) is 30.3 Å². The fourth-order valence-corrected chi connectivity index (χ4v) is 4.38. The van der Waals surface area contributed by atoms with Crippen molar-refractivity contribution in [1.82, 2.24) is 0 Å². The summed E-state index contributed by atoms with van der Waals surface area (Å²) in [6, 6.07) is 11.2. The highest BCUT2D eigenvalue weighted by Crippen LogP contribution is 2.37. The van der Waals surface area contributed by atoms with Crippen molar-refractivity contribution >= 4 is 28.2 Å². The number of fused-ring (bicyclic) bond motifs is 1. The van der Waals surface area contributed by atoms with Crippen molar-refractivity contribution in [2.45, 2.75) is 45.1 Å². The van der Waals surface area contributed by atoms with Gasteiger partial charge >= 0.3 is 5.97 Å². The minimum absolute atomic E-state index is 0.416. The number of aryl methyl sites for hydroxylation is 1. The van der Waals surface area contributed by atoms with E-state index in [0.717, 1.165) is 36.1 Å². The zero-order chi connectivity index (χ0) is 19.9. The summed E-state index contributed by atoms with van der Waals surface area (Å²) in [6.07, 6.45) is 3.61. The quantitative estimate of drug-likeness (QED) is 0.716. The van der Waals surface area contributed by atoms with Gasteiger partial charge in [0.05, 0.1) is 5.56 Å². The summed E-state index contributed by atoms with van der Waals surface area (Å²) in [5.74, 6) is -0.482. The van der Waals surface area contributed by atoms with Gasteiger partial charge in [-0.15, -0.1) is 11.3 Å². The fraction of sp³-hybridized carbons (Fsp3) is 0.381. The number of hydrogen-bond donors (Lipinski definition) is 1. The maximum Gasteiger partial charge on any atom is 0.347 e. The highest BCUT2D eigenvalue weighted by molar-refractivity contribution is 7.16. The molecule has 3 rings (SSSR count). The number of amides is 1. The van der Waals surface area contributed by atoms with Crippen molar-refractivity contribution in [1.29, 1.82) is 5.26 Å².